The van der Waals surface area contributed by atoms with E-state index in [0.29, 0.717) is 17.2 Å². The number of nitrogens with zero attached hydrogens (tertiary/aromatic N) is 2. The fraction of sp³-hybridized carbons (Fsp3) is 0.167. The van der Waals surface area contributed by atoms with Gasteiger partial charge in [-0.25, -0.2) is 0 Å². The fourth-order valence-corrected chi connectivity index (χ4v) is 2.35. The maximum atomic E-state index is 12.3. The van der Waals surface area contributed by atoms with Crippen molar-refractivity contribution >= 4 is 11.9 Å². The van der Waals surface area contributed by atoms with Crippen molar-refractivity contribution in [1.82, 2.24) is 10.2 Å². The molecule has 1 aromatic heterocycles. The van der Waals surface area contributed by atoms with E-state index in [0.717, 1.165) is 16.7 Å². The van der Waals surface area contributed by atoms with E-state index in [1.165, 1.54) is 7.11 Å². The lowest BCUT2D eigenvalue weighted by Gasteiger charge is -2.06. The van der Waals surface area contributed by atoms with Gasteiger partial charge in [0.25, 0.3) is 5.91 Å². The fourth-order valence-electron chi connectivity index (χ4n) is 2.35. The first-order chi connectivity index (χ1) is 11.6. The Balaban J connectivity index is 1.84. The number of rotatable bonds is 4. The third-order valence-corrected chi connectivity index (χ3v) is 3.62. The number of carbonyl (C=O) groups excluding carboxylic acids is 1. The second-order valence-electron chi connectivity index (χ2n) is 5.39. The summed E-state index contributed by atoms with van der Waals surface area (Å²) in [6, 6.07) is 12.9. The maximum absolute atomic E-state index is 12.3. The molecule has 1 heterocycles. The summed E-state index contributed by atoms with van der Waals surface area (Å²) in [6.07, 6.45) is 0. The van der Waals surface area contributed by atoms with Crippen molar-refractivity contribution in [3.63, 3.8) is 0 Å². The van der Waals surface area contributed by atoms with Crippen LogP contribution in [-0.4, -0.2) is 23.2 Å². The molecule has 2 aromatic carbocycles. The summed E-state index contributed by atoms with van der Waals surface area (Å²) in [6.45, 7) is 3.95. The van der Waals surface area contributed by atoms with E-state index in [9.17, 15) is 4.79 Å². The highest BCUT2D eigenvalue weighted by Crippen LogP contribution is 2.25. The first-order valence-electron chi connectivity index (χ1n) is 7.44. The monoisotopic (exact) mass is 323 g/mol. The molecular formula is C18H17N3O3. The Bertz CT molecular complexity index is 887. The Hall–Kier alpha value is -3.15. The minimum atomic E-state index is -0.372. The molecule has 0 saturated carbocycles. The highest BCUT2D eigenvalue weighted by atomic mass is 16.5. The Kier molecular flexibility index (Phi) is 4.29. The van der Waals surface area contributed by atoms with Gasteiger partial charge in [-0.1, -0.05) is 34.9 Å². The number of aryl methyl sites for hydroxylation is 2. The molecule has 24 heavy (non-hydrogen) atoms. The van der Waals surface area contributed by atoms with Crippen LogP contribution in [0.3, 0.4) is 0 Å². The standard InChI is InChI=1S/C18H17N3O3/c1-11-8-9-12(2)14(10-11)17-20-21-18(24-17)19-16(22)13-6-4-5-7-15(13)23-3/h4-10H,1-3H3,(H,19,21,22). The van der Waals surface area contributed by atoms with Crippen LogP contribution in [0.15, 0.2) is 46.9 Å². The molecule has 0 saturated heterocycles. The normalized spacial score (nSPS) is 10.5. The molecule has 6 nitrogen and oxygen atoms in total. The van der Waals surface area contributed by atoms with Crippen molar-refractivity contribution in [3.05, 3.63) is 59.2 Å². The average molecular weight is 323 g/mol. The average Bonchev–Trinajstić information content (AvgIpc) is 3.05. The number of carbonyl (C=O) groups is 1. The van der Waals surface area contributed by atoms with Gasteiger partial charge in [0, 0.05) is 5.56 Å². The molecule has 0 fully saturated rings. The molecule has 0 aliphatic carbocycles. The number of aromatic nitrogens is 2. The lowest BCUT2D eigenvalue weighted by molar-refractivity contribution is 0.102. The number of nitrogens with one attached hydrogen (secondary N) is 1. The minimum absolute atomic E-state index is 0.0433. The molecule has 0 atom stereocenters. The molecule has 3 aromatic rings. The molecule has 0 bridgehead atoms. The zero-order chi connectivity index (χ0) is 17.1. The van der Waals surface area contributed by atoms with Crippen LogP contribution in [0.25, 0.3) is 11.5 Å². The zero-order valence-corrected chi connectivity index (χ0v) is 13.7. The van der Waals surface area contributed by atoms with Gasteiger partial charge in [0.1, 0.15) is 5.75 Å². The van der Waals surface area contributed by atoms with E-state index in [4.69, 9.17) is 9.15 Å². The third kappa shape index (κ3) is 3.12. The lowest BCUT2D eigenvalue weighted by atomic mass is 10.1. The van der Waals surface area contributed by atoms with Crippen molar-refractivity contribution in [1.29, 1.82) is 0 Å². The number of methoxy groups -OCH3 is 1. The highest BCUT2D eigenvalue weighted by molar-refractivity contribution is 6.05. The van der Waals surface area contributed by atoms with E-state index in [2.05, 4.69) is 15.5 Å². The van der Waals surface area contributed by atoms with Gasteiger partial charge in [0.2, 0.25) is 5.89 Å². The van der Waals surface area contributed by atoms with Crippen molar-refractivity contribution in [2.24, 2.45) is 0 Å². The number of benzene rings is 2. The summed E-state index contributed by atoms with van der Waals surface area (Å²) in [5.74, 6) is 0.472. The predicted molar refractivity (Wildman–Crippen MR) is 90.2 cm³/mol. The second-order valence-corrected chi connectivity index (χ2v) is 5.39. The zero-order valence-electron chi connectivity index (χ0n) is 13.7. The summed E-state index contributed by atoms with van der Waals surface area (Å²) in [5, 5.41) is 10.5. The van der Waals surface area contributed by atoms with Crippen LogP contribution in [0.4, 0.5) is 6.01 Å². The number of hydrogen-bond acceptors (Lipinski definition) is 5. The molecule has 0 unspecified atom stereocenters. The number of para-hydroxylation sites is 1. The van der Waals surface area contributed by atoms with Crippen molar-refractivity contribution < 1.29 is 13.9 Å². The molecule has 122 valence electrons. The first kappa shape index (κ1) is 15.7. The smallest absolute Gasteiger partial charge is 0.322 e. The lowest BCUT2D eigenvalue weighted by Crippen LogP contribution is -2.13. The highest BCUT2D eigenvalue weighted by Gasteiger charge is 2.16. The summed E-state index contributed by atoms with van der Waals surface area (Å²) in [7, 11) is 1.51. The van der Waals surface area contributed by atoms with Gasteiger partial charge in [-0.3, -0.25) is 10.1 Å². The third-order valence-electron chi connectivity index (χ3n) is 3.62. The van der Waals surface area contributed by atoms with Gasteiger partial charge < -0.3 is 9.15 Å². The first-order valence-corrected chi connectivity index (χ1v) is 7.44. The number of ether oxygens (including phenoxy) is 1. The molecule has 1 amide bonds. The number of anilines is 1. The predicted octanol–water partition coefficient (Wildman–Crippen LogP) is 3.61. The molecule has 0 radical (unpaired) electrons. The molecule has 0 spiro atoms. The molecule has 6 heteroatoms. The van der Waals surface area contributed by atoms with Crippen LogP contribution in [0.1, 0.15) is 21.5 Å². The van der Waals surface area contributed by atoms with E-state index >= 15 is 0 Å². The Labute approximate surface area is 139 Å². The summed E-state index contributed by atoms with van der Waals surface area (Å²) in [4.78, 5) is 12.3. The van der Waals surface area contributed by atoms with Gasteiger partial charge >= 0.3 is 6.01 Å². The van der Waals surface area contributed by atoms with Gasteiger partial charge in [-0.15, -0.1) is 5.10 Å². The summed E-state index contributed by atoms with van der Waals surface area (Å²) in [5.41, 5.74) is 3.35. The van der Waals surface area contributed by atoms with E-state index in [-0.39, 0.29) is 11.9 Å². The van der Waals surface area contributed by atoms with Crippen molar-refractivity contribution in [2.75, 3.05) is 12.4 Å². The molecule has 0 aliphatic heterocycles. The van der Waals surface area contributed by atoms with E-state index in [1.54, 1.807) is 24.3 Å². The Morgan fingerprint density at radius 2 is 1.92 bits per heavy atom. The summed E-state index contributed by atoms with van der Waals surface area (Å²) >= 11 is 0. The van der Waals surface area contributed by atoms with Gasteiger partial charge in [0.15, 0.2) is 0 Å². The largest absolute Gasteiger partial charge is 0.496 e. The van der Waals surface area contributed by atoms with Gasteiger partial charge in [0.05, 0.1) is 12.7 Å². The van der Waals surface area contributed by atoms with E-state index < -0.39 is 0 Å². The van der Waals surface area contributed by atoms with Crippen molar-refractivity contribution in [3.8, 4) is 17.2 Å². The Morgan fingerprint density at radius 3 is 2.71 bits per heavy atom. The summed E-state index contributed by atoms with van der Waals surface area (Å²) < 4.78 is 10.8. The van der Waals surface area contributed by atoms with Crippen LogP contribution in [0.5, 0.6) is 5.75 Å². The molecule has 0 aliphatic rings. The van der Waals surface area contributed by atoms with Crippen LogP contribution in [0, 0.1) is 13.8 Å². The minimum Gasteiger partial charge on any atom is -0.496 e. The van der Waals surface area contributed by atoms with Gasteiger partial charge in [-0.2, -0.15) is 0 Å². The van der Waals surface area contributed by atoms with Crippen LogP contribution in [0.2, 0.25) is 0 Å². The van der Waals surface area contributed by atoms with Crippen LogP contribution >= 0.6 is 0 Å². The van der Waals surface area contributed by atoms with Crippen molar-refractivity contribution in [2.45, 2.75) is 13.8 Å². The SMILES string of the molecule is COc1ccccc1C(=O)Nc1nnc(-c2cc(C)ccc2C)o1. The topological polar surface area (TPSA) is 77.2 Å². The molecule has 3 rings (SSSR count). The number of amides is 1. The van der Waals surface area contributed by atoms with Crippen LogP contribution in [-0.2, 0) is 0 Å². The molecule has 1 N–H and O–H groups in total. The van der Waals surface area contributed by atoms with Gasteiger partial charge in [-0.05, 0) is 37.6 Å². The maximum Gasteiger partial charge on any atom is 0.322 e. The quantitative estimate of drug-likeness (QED) is 0.793. The van der Waals surface area contributed by atoms with E-state index in [1.807, 2.05) is 32.0 Å². The molecular weight excluding hydrogens is 306 g/mol. The number of hydrogen-bond donors (Lipinski definition) is 1. The Morgan fingerprint density at radius 1 is 1.12 bits per heavy atom. The second kappa shape index (κ2) is 6.54. The van der Waals surface area contributed by atoms with Crippen LogP contribution < -0.4 is 10.1 Å².